The van der Waals surface area contributed by atoms with E-state index in [-0.39, 0.29) is 48.8 Å². The number of rotatable bonds is 6. The molecule has 1 aliphatic heterocycles. The first kappa shape index (κ1) is 24.5. The minimum absolute atomic E-state index is 0. The summed E-state index contributed by atoms with van der Waals surface area (Å²) < 4.78 is 18.7. The summed E-state index contributed by atoms with van der Waals surface area (Å²) in [5, 5.41) is 11.0. The van der Waals surface area contributed by atoms with Gasteiger partial charge in [-0.1, -0.05) is 12.1 Å². The third-order valence-corrected chi connectivity index (χ3v) is 4.30. The highest BCUT2D eigenvalue weighted by Crippen LogP contribution is 2.28. The molecule has 0 bridgehead atoms. The van der Waals surface area contributed by atoms with Gasteiger partial charge in [-0.15, -0.1) is 24.8 Å². The number of amides is 1. The molecule has 1 amide bonds. The van der Waals surface area contributed by atoms with E-state index in [4.69, 9.17) is 10.5 Å². The van der Waals surface area contributed by atoms with Gasteiger partial charge in [-0.3, -0.25) is 14.9 Å². The number of hydrogen-bond acceptors (Lipinski definition) is 6. The Bertz CT molecular complexity index is 841. The van der Waals surface area contributed by atoms with Crippen LogP contribution in [0, 0.1) is 10.1 Å². The highest BCUT2D eigenvalue weighted by Gasteiger charge is 2.29. The van der Waals surface area contributed by atoms with Crippen molar-refractivity contribution in [1.82, 2.24) is 9.88 Å². The summed E-state index contributed by atoms with van der Waals surface area (Å²) in [6.45, 7) is 0.492. The van der Waals surface area contributed by atoms with E-state index in [9.17, 15) is 19.3 Å². The molecular formula is C18H21Cl2FN4O4. The van der Waals surface area contributed by atoms with Crippen LogP contribution in [0.15, 0.2) is 42.6 Å². The van der Waals surface area contributed by atoms with E-state index in [0.29, 0.717) is 25.1 Å². The molecule has 1 fully saturated rings. The third-order valence-electron chi connectivity index (χ3n) is 4.30. The van der Waals surface area contributed by atoms with Crippen molar-refractivity contribution >= 4 is 36.4 Å². The lowest BCUT2D eigenvalue weighted by atomic mass is 10.1. The maximum atomic E-state index is 13.2. The third kappa shape index (κ3) is 6.25. The van der Waals surface area contributed by atoms with Gasteiger partial charge in [0.1, 0.15) is 11.9 Å². The lowest BCUT2D eigenvalue weighted by Gasteiger charge is -2.20. The van der Waals surface area contributed by atoms with Crippen molar-refractivity contribution in [3.8, 4) is 11.6 Å². The topological polar surface area (TPSA) is 112 Å². The number of hydrogen-bond donors (Lipinski definition) is 1. The van der Waals surface area contributed by atoms with E-state index in [0.717, 1.165) is 5.56 Å². The Morgan fingerprint density at radius 3 is 2.62 bits per heavy atom. The minimum atomic E-state index is -0.978. The van der Waals surface area contributed by atoms with E-state index >= 15 is 0 Å². The van der Waals surface area contributed by atoms with Gasteiger partial charge >= 0.3 is 5.69 Å². The van der Waals surface area contributed by atoms with E-state index < -0.39 is 17.1 Å². The van der Waals surface area contributed by atoms with Gasteiger partial charge in [-0.05, 0) is 36.6 Å². The monoisotopic (exact) mass is 446 g/mol. The van der Waals surface area contributed by atoms with E-state index in [1.54, 1.807) is 24.3 Å². The molecule has 158 valence electrons. The second kappa shape index (κ2) is 10.9. The van der Waals surface area contributed by atoms with E-state index in [1.165, 1.54) is 23.2 Å². The average Bonchev–Trinajstić information content (AvgIpc) is 3.09. The number of likely N-dealkylation sites (tertiary alicyclic amines) is 1. The highest BCUT2D eigenvalue weighted by molar-refractivity contribution is 5.85. The van der Waals surface area contributed by atoms with Crippen LogP contribution in [0.1, 0.15) is 12.0 Å². The second-order valence-corrected chi connectivity index (χ2v) is 6.31. The summed E-state index contributed by atoms with van der Waals surface area (Å²) in [5.41, 5.74) is 6.53. The molecule has 1 saturated heterocycles. The fourth-order valence-corrected chi connectivity index (χ4v) is 2.90. The molecule has 1 aliphatic rings. The van der Waals surface area contributed by atoms with Crippen LogP contribution < -0.4 is 10.5 Å². The predicted octanol–water partition coefficient (Wildman–Crippen LogP) is 3.07. The number of aromatic nitrogens is 1. The first-order chi connectivity index (χ1) is 12.9. The first-order valence-electron chi connectivity index (χ1n) is 8.48. The summed E-state index contributed by atoms with van der Waals surface area (Å²) in [6, 6.07) is 8.70. The van der Waals surface area contributed by atoms with Crippen LogP contribution in [0.2, 0.25) is 0 Å². The molecule has 0 saturated carbocycles. The quantitative estimate of drug-likeness (QED) is 0.538. The Morgan fingerprint density at radius 1 is 1.34 bits per heavy atom. The number of pyridine rings is 1. The Labute approximate surface area is 179 Å². The molecule has 11 heteroatoms. The predicted molar refractivity (Wildman–Crippen MR) is 110 cm³/mol. The van der Waals surface area contributed by atoms with Crippen molar-refractivity contribution < 1.29 is 18.8 Å². The molecule has 3 rings (SSSR count). The molecule has 0 spiro atoms. The SMILES string of the molecule is Cl.Cl.N[C@@H](Cc1ccc(Oc2ncccc2[N+](=O)[O-])cc1)C(=O)N1CC[C@H](F)C1. The van der Waals surface area contributed by atoms with Gasteiger partial charge in [-0.2, -0.15) is 0 Å². The molecule has 8 nitrogen and oxygen atoms in total. The van der Waals surface area contributed by atoms with Crippen LogP contribution in [0.4, 0.5) is 10.1 Å². The smallest absolute Gasteiger partial charge is 0.331 e. The summed E-state index contributed by atoms with van der Waals surface area (Å²) in [4.78, 5) is 28.0. The number of carbonyl (C=O) groups excluding carboxylic acids is 1. The second-order valence-electron chi connectivity index (χ2n) is 6.31. The van der Waals surface area contributed by atoms with Crippen LogP contribution in [0.3, 0.4) is 0 Å². The maximum absolute atomic E-state index is 13.2. The molecule has 0 radical (unpaired) electrons. The number of halogens is 3. The molecular weight excluding hydrogens is 426 g/mol. The van der Waals surface area contributed by atoms with Crippen LogP contribution >= 0.6 is 24.8 Å². The summed E-state index contributed by atoms with van der Waals surface area (Å²) in [5.74, 6) is 0.0109. The van der Waals surface area contributed by atoms with Crippen molar-refractivity contribution in [2.75, 3.05) is 13.1 Å². The summed E-state index contributed by atoms with van der Waals surface area (Å²) >= 11 is 0. The lowest BCUT2D eigenvalue weighted by Crippen LogP contribution is -2.44. The molecule has 2 aromatic rings. The van der Waals surface area contributed by atoms with Gasteiger partial charge in [0.25, 0.3) is 5.88 Å². The fraction of sp³-hybridized carbons (Fsp3) is 0.333. The zero-order valence-electron chi connectivity index (χ0n) is 15.3. The normalized spacial score (nSPS) is 16.3. The Hall–Kier alpha value is -2.49. The van der Waals surface area contributed by atoms with Crippen molar-refractivity contribution in [2.24, 2.45) is 5.73 Å². The molecule has 0 aliphatic carbocycles. The number of nitrogens with zero attached hydrogens (tertiary/aromatic N) is 3. The molecule has 29 heavy (non-hydrogen) atoms. The van der Waals surface area contributed by atoms with Gasteiger partial charge in [-0.25, -0.2) is 9.37 Å². The first-order valence-corrected chi connectivity index (χ1v) is 8.48. The van der Waals surface area contributed by atoms with Crippen LogP contribution in [0.25, 0.3) is 0 Å². The molecule has 1 aromatic carbocycles. The number of nitro groups is 1. The number of nitrogens with two attached hydrogens (primary N) is 1. The van der Waals surface area contributed by atoms with Crippen molar-refractivity contribution in [3.05, 3.63) is 58.3 Å². The maximum Gasteiger partial charge on any atom is 0.331 e. The van der Waals surface area contributed by atoms with E-state index in [1.807, 2.05) is 0 Å². The molecule has 2 heterocycles. The van der Waals surface area contributed by atoms with Crippen molar-refractivity contribution in [1.29, 1.82) is 0 Å². The van der Waals surface area contributed by atoms with Crippen LogP contribution in [-0.4, -0.2) is 46.0 Å². The number of alkyl halides is 1. The van der Waals surface area contributed by atoms with Gasteiger partial charge in [0, 0.05) is 18.8 Å². The largest absolute Gasteiger partial charge is 0.434 e. The van der Waals surface area contributed by atoms with Gasteiger partial charge in [0.15, 0.2) is 0 Å². The zero-order chi connectivity index (χ0) is 19.4. The standard InChI is InChI=1S/C18H19FN4O4.2ClH/c19-13-7-9-22(11-13)18(24)15(20)10-12-3-5-14(6-4-12)27-17-16(23(25)26)2-1-8-21-17;;/h1-6,8,13,15H,7,9-11,20H2;2*1H/t13-,15-;;/m0../s1. The number of carbonyl (C=O) groups is 1. The van der Waals surface area contributed by atoms with Crippen molar-refractivity contribution in [3.63, 3.8) is 0 Å². The van der Waals surface area contributed by atoms with E-state index in [2.05, 4.69) is 4.98 Å². The summed E-state index contributed by atoms with van der Waals surface area (Å²) in [6.07, 6.45) is 1.08. The molecule has 0 unspecified atom stereocenters. The lowest BCUT2D eigenvalue weighted by molar-refractivity contribution is -0.386. The Morgan fingerprint density at radius 2 is 2.03 bits per heavy atom. The minimum Gasteiger partial charge on any atom is -0.434 e. The Kier molecular flexibility index (Phi) is 9.22. The van der Waals surface area contributed by atoms with Crippen LogP contribution in [-0.2, 0) is 11.2 Å². The molecule has 1 aromatic heterocycles. The Balaban J connectivity index is 0.00000210. The van der Waals surface area contributed by atoms with Gasteiger partial charge in [0.2, 0.25) is 5.91 Å². The highest BCUT2D eigenvalue weighted by atomic mass is 35.5. The average molecular weight is 447 g/mol. The molecule has 2 N–H and O–H groups in total. The fourth-order valence-electron chi connectivity index (χ4n) is 2.90. The summed E-state index contributed by atoms with van der Waals surface area (Å²) in [7, 11) is 0. The van der Waals surface area contributed by atoms with Gasteiger partial charge in [0.05, 0.1) is 17.5 Å². The van der Waals surface area contributed by atoms with Crippen LogP contribution in [0.5, 0.6) is 11.6 Å². The number of benzene rings is 1. The zero-order valence-corrected chi connectivity index (χ0v) is 16.9. The number of ether oxygens (including phenoxy) is 1. The van der Waals surface area contributed by atoms with Crippen molar-refractivity contribution in [2.45, 2.75) is 25.1 Å². The van der Waals surface area contributed by atoms with Gasteiger partial charge < -0.3 is 15.4 Å². The molecule has 2 atom stereocenters.